The van der Waals surface area contributed by atoms with Crippen LogP contribution in [0.5, 0.6) is 0 Å². The van der Waals surface area contributed by atoms with Crippen LogP contribution in [-0.2, 0) is 4.79 Å². The van der Waals surface area contributed by atoms with Crippen LogP contribution in [0, 0.1) is 29.1 Å². The molecule has 1 amide bonds. The third kappa shape index (κ3) is 1.69. The van der Waals surface area contributed by atoms with Crippen LogP contribution in [0.25, 0.3) is 0 Å². The molecule has 0 aromatic heterocycles. The van der Waals surface area contributed by atoms with Crippen LogP contribution in [-0.4, -0.2) is 29.4 Å². The van der Waals surface area contributed by atoms with Gasteiger partial charge in [-0.1, -0.05) is 20.3 Å². The number of carbonyl (C=O) groups excluding carboxylic acids is 1. The lowest BCUT2D eigenvalue weighted by Crippen LogP contribution is -2.49. The first kappa shape index (κ1) is 11.4. The van der Waals surface area contributed by atoms with Gasteiger partial charge in [0.15, 0.2) is 0 Å². The highest BCUT2D eigenvalue weighted by molar-refractivity contribution is 5.83. The van der Waals surface area contributed by atoms with Gasteiger partial charge in [0.1, 0.15) is 6.04 Å². The molecule has 4 nitrogen and oxygen atoms in total. The molecule has 0 radical (unpaired) electrons. The fourth-order valence-electron chi connectivity index (χ4n) is 2.55. The zero-order valence-electron chi connectivity index (χ0n) is 9.89. The molecule has 2 fully saturated rings. The maximum absolute atomic E-state index is 12.1. The highest BCUT2D eigenvalue weighted by Crippen LogP contribution is 2.49. The second-order valence-corrected chi connectivity index (χ2v) is 5.14. The molecule has 0 aromatic carbocycles. The van der Waals surface area contributed by atoms with Gasteiger partial charge >= 0.3 is 0 Å². The van der Waals surface area contributed by atoms with Crippen molar-refractivity contribution in [3.05, 3.63) is 0 Å². The van der Waals surface area contributed by atoms with Crippen molar-refractivity contribution >= 4 is 5.91 Å². The van der Waals surface area contributed by atoms with E-state index in [0.717, 1.165) is 19.4 Å². The second kappa shape index (κ2) is 4.06. The molecule has 5 atom stereocenters. The molecule has 4 heteroatoms. The van der Waals surface area contributed by atoms with Gasteiger partial charge < -0.3 is 10.6 Å². The largest absolute Gasteiger partial charge is 0.325 e. The SMILES string of the molecule is CCC(C)[C@H](N)C(=O)N1C[C@H]2C[C@H]2C1C#N. The summed E-state index contributed by atoms with van der Waals surface area (Å²) in [7, 11) is 0. The third-order valence-corrected chi connectivity index (χ3v) is 4.11. The van der Waals surface area contributed by atoms with Crippen LogP contribution in [0.3, 0.4) is 0 Å². The molecule has 0 aromatic rings. The topological polar surface area (TPSA) is 70.1 Å². The van der Waals surface area contributed by atoms with Gasteiger partial charge in [-0.05, 0) is 24.2 Å². The Hall–Kier alpha value is -1.08. The number of hydrogen-bond donors (Lipinski definition) is 1. The molecule has 1 heterocycles. The van der Waals surface area contributed by atoms with Crippen molar-refractivity contribution in [2.45, 2.75) is 38.8 Å². The minimum atomic E-state index is -0.446. The number of rotatable bonds is 3. The number of nitriles is 1. The van der Waals surface area contributed by atoms with E-state index in [-0.39, 0.29) is 17.9 Å². The Morgan fingerprint density at radius 3 is 2.94 bits per heavy atom. The lowest BCUT2D eigenvalue weighted by molar-refractivity contribution is -0.134. The molecule has 16 heavy (non-hydrogen) atoms. The van der Waals surface area contributed by atoms with Crippen molar-refractivity contribution in [3.8, 4) is 6.07 Å². The van der Waals surface area contributed by atoms with Crippen LogP contribution in [0.4, 0.5) is 0 Å². The van der Waals surface area contributed by atoms with E-state index in [1.54, 1.807) is 4.90 Å². The van der Waals surface area contributed by atoms with Crippen LogP contribution in [0.15, 0.2) is 0 Å². The van der Waals surface area contributed by atoms with E-state index in [9.17, 15) is 4.79 Å². The van der Waals surface area contributed by atoms with Crippen LogP contribution in [0.1, 0.15) is 26.7 Å². The molecule has 0 bridgehead atoms. The van der Waals surface area contributed by atoms with Crippen LogP contribution < -0.4 is 5.73 Å². The Labute approximate surface area is 96.4 Å². The van der Waals surface area contributed by atoms with E-state index in [2.05, 4.69) is 6.07 Å². The summed E-state index contributed by atoms with van der Waals surface area (Å²) in [5.41, 5.74) is 5.93. The quantitative estimate of drug-likeness (QED) is 0.763. The molecule has 88 valence electrons. The lowest BCUT2D eigenvalue weighted by atomic mass is 9.98. The average molecular weight is 221 g/mol. The first-order chi connectivity index (χ1) is 7.60. The van der Waals surface area contributed by atoms with E-state index < -0.39 is 6.04 Å². The number of piperidine rings is 1. The predicted molar refractivity (Wildman–Crippen MR) is 60.1 cm³/mol. The van der Waals surface area contributed by atoms with E-state index in [1.165, 1.54) is 0 Å². The molecule has 2 rings (SSSR count). The summed E-state index contributed by atoms with van der Waals surface area (Å²) in [5, 5.41) is 9.08. The van der Waals surface area contributed by atoms with Crippen LogP contribution in [0.2, 0.25) is 0 Å². The molecular formula is C12H19N3O. The Bertz CT molecular complexity index is 336. The van der Waals surface area contributed by atoms with Gasteiger partial charge in [0.05, 0.1) is 12.1 Å². The molecule has 2 unspecified atom stereocenters. The number of carbonyl (C=O) groups is 1. The van der Waals surface area contributed by atoms with Crippen molar-refractivity contribution < 1.29 is 4.79 Å². The smallest absolute Gasteiger partial charge is 0.240 e. The molecule has 1 saturated heterocycles. The van der Waals surface area contributed by atoms with E-state index >= 15 is 0 Å². The molecular weight excluding hydrogens is 202 g/mol. The number of nitrogens with two attached hydrogens (primary N) is 1. The average Bonchev–Trinajstić information content (AvgIpc) is 2.98. The van der Waals surface area contributed by atoms with Crippen LogP contribution >= 0.6 is 0 Å². The predicted octanol–water partition coefficient (Wildman–Crippen LogP) is 0.730. The van der Waals surface area contributed by atoms with Gasteiger partial charge in [-0.15, -0.1) is 0 Å². The van der Waals surface area contributed by atoms with Gasteiger partial charge in [-0.25, -0.2) is 0 Å². The summed E-state index contributed by atoms with van der Waals surface area (Å²) in [6.07, 6.45) is 2.01. The summed E-state index contributed by atoms with van der Waals surface area (Å²) in [6.45, 7) is 4.76. The summed E-state index contributed by atoms with van der Waals surface area (Å²) >= 11 is 0. The Morgan fingerprint density at radius 1 is 1.69 bits per heavy atom. The minimum absolute atomic E-state index is 0.0342. The van der Waals surface area contributed by atoms with Gasteiger partial charge in [0, 0.05) is 6.54 Å². The zero-order chi connectivity index (χ0) is 11.9. The number of nitrogens with zero attached hydrogens (tertiary/aromatic N) is 2. The van der Waals surface area contributed by atoms with E-state index in [0.29, 0.717) is 11.8 Å². The van der Waals surface area contributed by atoms with Crippen molar-refractivity contribution in [1.29, 1.82) is 5.26 Å². The van der Waals surface area contributed by atoms with Gasteiger partial charge in [0.25, 0.3) is 0 Å². The molecule has 1 saturated carbocycles. The number of amides is 1. The maximum atomic E-state index is 12.1. The van der Waals surface area contributed by atoms with Crippen molar-refractivity contribution in [2.24, 2.45) is 23.5 Å². The zero-order valence-corrected chi connectivity index (χ0v) is 9.89. The highest BCUT2D eigenvalue weighted by atomic mass is 16.2. The highest BCUT2D eigenvalue weighted by Gasteiger charge is 2.54. The Kier molecular flexibility index (Phi) is 2.90. The maximum Gasteiger partial charge on any atom is 0.240 e. The normalized spacial score (nSPS) is 35.1. The fraction of sp³-hybridized carbons (Fsp3) is 0.833. The van der Waals surface area contributed by atoms with Crippen molar-refractivity contribution in [3.63, 3.8) is 0 Å². The summed E-state index contributed by atoms with van der Waals surface area (Å²) in [6, 6.07) is 1.59. The summed E-state index contributed by atoms with van der Waals surface area (Å²) in [5.74, 6) is 1.15. The van der Waals surface area contributed by atoms with Gasteiger partial charge in [-0.2, -0.15) is 5.26 Å². The van der Waals surface area contributed by atoms with E-state index in [4.69, 9.17) is 11.0 Å². The Morgan fingerprint density at radius 2 is 2.38 bits per heavy atom. The fourth-order valence-corrected chi connectivity index (χ4v) is 2.55. The van der Waals surface area contributed by atoms with Crippen molar-refractivity contribution in [1.82, 2.24) is 4.90 Å². The molecule has 1 aliphatic heterocycles. The minimum Gasteiger partial charge on any atom is -0.325 e. The first-order valence-corrected chi connectivity index (χ1v) is 6.05. The standard InChI is InChI=1S/C12H19N3O/c1-3-7(2)11(14)12(16)15-6-8-4-9(8)10(15)5-13/h7-11H,3-4,6,14H2,1-2H3/t7?,8-,9-,10?,11+/m1/s1. The van der Waals surface area contributed by atoms with E-state index in [1.807, 2.05) is 13.8 Å². The summed E-state index contributed by atoms with van der Waals surface area (Å²) in [4.78, 5) is 13.8. The number of fused-ring (bicyclic) bond motifs is 1. The molecule has 0 spiro atoms. The lowest BCUT2D eigenvalue weighted by Gasteiger charge is -2.28. The van der Waals surface area contributed by atoms with Gasteiger partial charge in [0.2, 0.25) is 5.91 Å². The monoisotopic (exact) mass is 221 g/mol. The molecule has 2 aliphatic rings. The third-order valence-electron chi connectivity index (χ3n) is 4.11. The second-order valence-electron chi connectivity index (χ2n) is 5.14. The number of hydrogen-bond acceptors (Lipinski definition) is 3. The summed E-state index contributed by atoms with van der Waals surface area (Å²) < 4.78 is 0. The van der Waals surface area contributed by atoms with Gasteiger partial charge in [-0.3, -0.25) is 4.79 Å². The molecule has 1 aliphatic carbocycles. The molecule has 2 N–H and O–H groups in total. The number of likely N-dealkylation sites (tertiary alicyclic amines) is 1. The Balaban J connectivity index is 2.03. The first-order valence-electron chi connectivity index (χ1n) is 6.05. The van der Waals surface area contributed by atoms with Crippen molar-refractivity contribution in [2.75, 3.05) is 6.54 Å².